The molecule has 1 aromatic heterocycles. The summed E-state index contributed by atoms with van der Waals surface area (Å²) in [5, 5.41) is 8.49. The van der Waals surface area contributed by atoms with E-state index in [0.29, 0.717) is 5.56 Å². The van der Waals surface area contributed by atoms with E-state index < -0.39 is 0 Å². The first kappa shape index (κ1) is 17.4. The summed E-state index contributed by atoms with van der Waals surface area (Å²) in [5.74, 6) is 0.862. The Labute approximate surface area is 149 Å². The number of amides is 1. The molecule has 0 bridgehead atoms. The van der Waals surface area contributed by atoms with Gasteiger partial charge in [0.15, 0.2) is 5.82 Å². The highest BCUT2D eigenvalue weighted by molar-refractivity contribution is 5.95. The van der Waals surface area contributed by atoms with Crippen molar-refractivity contribution in [2.45, 2.75) is 12.5 Å². The quantitative estimate of drug-likeness (QED) is 0.853. The second kappa shape index (κ2) is 7.19. The van der Waals surface area contributed by atoms with Gasteiger partial charge in [-0.3, -0.25) is 4.79 Å². The zero-order valence-corrected chi connectivity index (χ0v) is 15.3. The lowest BCUT2D eigenvalue weighted by Gasteiger charge is -2.24. The number of likely N-dealkylation sites (tertiary alicyclic amines) is 1. The minimum Gasteiger partial charge on any atom is -0.361 e. The monoisotopic (exact) mass is 339 g/mol. The van der Waals surface area contributed by atoms with Crippen LogP contribution in [0.1, 0.15) is 16.8 Å². The molecule has 1 aromatic carbocycles. The maximum atomic E-state index is 12.8. The van der Waals surface area contributed by atoms with Gasteiger partial charge >= 0.3 is 0 Å². The van der Waals surface area contributed by atoms with Gasteiger partial charge in [0.2, 0.25) is 0 Å². The molecule has 0 spiro atoms. The summed E-state index contributed by atoms with van der Waals surface area (Å²) in [6, 6.07) is 11.8. The second-order valence-corrected chi connectivity index (χ2v) is 6.87. The molecule has 2 heterocycles. The van der Waals surface area contributed by atoms with Crippen LogP contribution >= 0.6 is 0 Å². The van der Waals surface area contributed by atoms with E-state index in [1.807, 2.05) is 67.3 Å². The number of benzene rings is 1. The van der Waals surface area contributed by atoms with Crippen LogP contribution in [0.2, 0.25) is 0 Å². The Kier molecular flexibility index (Phi) is 4.99. The number of hydrogen-bond donors (Lipinski definition) is 0. The first-order valence-corrected chi connectivity index (χ1v) is 8.53. The highest BCUT2D eigenvalue weighted by atomic mass is 16.2. The summed E-state index contributed by atoms with van der Waals surface area (Å²) in [4.78, 5) is 18.9. The summed E-state index contributed by atoms with van der Waals surface area (Å²) < 4.78 is 0. The summed E-state index contributed by atoms with van der Waals surface area (Å²) in [5.41, 5.74) is 2.36. The Morgan fingerprint density at radius 3 is 2.56 bits per heavy atom. The van der Waals surface area contributed by atoms with Crippen LogP contribution in [-0.4, -0.2) is 73.2 Å². The lowest BCUT2D eigenvalue weighted by Crippen LogP contribution is -2.38. The van der Waals surface area contributed by atoms with E-state index in [1.54, 1.807) is 0 Å². The molecule has 6 heteroatoms. The molecule has 2 aromatic rings. The predicted molar refractivity (Wildman–Crippen MR) is 99.8 cm³/mol. The van der Waals surface area contributed by atoms with Gasteiger partial charge in [0.1, 0.15) is 0 Å². The van der Waals surface area contributed by atoms with Gasteiger partial charge in [-0.25, -0.2) is 0 Å². The molecule has 132 valence electrons. The molecule has 0 N–H and O–H groups in total. The van der Waals surface area contributed by atoms with Gasteiger partial charge in [0.25, 0.3) is 5.91 Å². The maximum absolute atomic E-state index is 12.8. The topological polar surface area (TPSA) is 52.6 Å². The Hall–Kier alpha value is -2.47. The fraction of sp³-hybridized carbons (Fsp3) is 0.421. The first-order chi connectivity index (χ1) is 12.0. The van der Waals surface area contributed by atoms with Gasteiger partial charge in [0.05, 0.1) is 5.69 Å². The number of likely N-dealkylation sites (N-methyl/N-ethyl adjacent to an activating group) is 2. The van der Waals surface area contributed by atoms with Crippen molar-refractivity contribution in [1.29, 1.82) is 0 Å². The number of carbonyl (C=O) groups is 1. The highest BCUT2D eigenvalue weighted by Crippen LogP contribution is 2.21. The van der Waals surface area contributed by atoms with Crippen LogP contribution in [0, 0.1) is 0 Å². The molecule has 0 aliphatic carbocycles. The van der Waals surface area contributed by atoms with Crippen LogP contribution in [0.25, 0.3) is 11.3 Å². The number of rotatable bonds is 4. The molecular weight excluding hydrogens is 314 g/mol. The van der Waals surface area contributed by atoms with E-state index in [2.05, 4.69) is 22.1 Å². The molecule has 1 atom stereocenters. The number of anilines is 1. The summed E-state index contributed by atoms with van der Waals surface area (Å²) in [6.45, 7) is 1.97. The normalized spacial score (nSPS) is 17.5. The Morgan fingerprint density at radius 1 is 1.16 bits per heavy atom. The molecule has 1 aliphatic rings. The number of aromatic nitrogens is 2. The fourth-order valence-electron chi connectivity index (χ4n) is 3.13. The van der Waals surface area contributed by atoms with Gasteiger partial charge in [-0.2, -0.15) is 0 Å². The predicted octanol–water partition coefficient (Wildman–Crippen LogP) is 1.99. The van der Waals surface area contributed by atoms with Crippen molar-refractivity contribution in [2.24, 2.45) is 0 Å². The summed E-state index contributed by atoms with van der Waals surface area (Å²) in [6.07, 6.45) is 1.02. The van der Waals surface area contributed by atoms with E-state index >= 15 is 0 Å². The van der Waals surface area contributed by atoms with Crippen molar-refractivity contribution in [3.63, 3.8) is 0 Å². The van der Waals surface area contributed by atoms with Gasteiger partial charge in [-0.15, -0.1) is 10.2 Å². The third kappa shape index (κ3) is 3.79. The Morgan fingerprint density at radius 2 is 1.96 bits per heavy atom. The van der Waals surface area contributed by atoms with Crippen LogP contribution in [-0.2, 0) is 0 Å². The maximum Gasteiger partial charge on any atom is 0.253 e. The highest BCUT2D eigenvalue weighted by Gasteiger charge is 2.27. The molecular formula is C19H25N5O. The minimum atomic E-state index is 0.0556. The van der Waals surface area contributed by atoms with Crippen molar-refractivity contribution in [3.05, 3.63) is 42.0 Å². The van der Waals surface area contributed by atoms with Crippen LogP contribution in [0.4, 0.5) is 5.82 Å². The SMILES string of the molecule is CN1CCC(N(C)C(=O)c2cccc(-c3ccc(N(C)C)nn3)c2)C1. The molecule has 3 rings (SSSR count). The van der Waals surface area contributed by atoms with E-state index in [0.717, 1.165) is 36.6 Å². The summed E-state index contributed by atoms with van der Waals surface area (Å²) >= 11 is 0. The molecule has 0 saturated carbocycles. The van der Waals surface area contributed by atoms with E-state index in [1.165, 1.54) is 0 Å². The van der Waals surface area contributed by atoms with Crippen molar-refractivity contribution in [1.82, 2.24) is 20.0 Å². The molecule has 1 unspecified atom stereocenters. The fourth-order valence-corrected chi connectivity index (χ4v) is 3.13. The largest absolute Gasteiger partial charge is 0.361 e. The van der Waals surface area contributed by atoms with Crippen molar-refractivity contribution in [2.75, 3.05) is 46.2 Å². The lowest BCUT2D eigenvalue weighted by atomic mass is 10.1. The average molecular weight is 339 g/mol. The first-order valence-electron chi connectivity index (χ1n) is 8.53. The second-order valence-electron chi connectivity index (χ2n) is 6.87. The van der Waals surface area contributed by atoms with Gasteiger partial charge in [-0.05, 0) is 44.3 Å². The zero-order chi connectivity index (χ0) is 18.0. The summed E-state index contributed by atoms with van der Waals surface area (Å²) in [7, 11) is 7.85. The van der Waals surface area contributed by atoms with Gasteiger partial charge in [-0.1, -0.05) is 12.1 Å². The van der Waals surface area contributed by atoms with Crippen LogP contribution in [0.3, 0.4) is 0 Å². The number of nitrogens with zero attached hydrogens (tertiary/aromatic N) is 5. The lowest BCUT2D eigenvalue weighted by molar-refractivity contribution is 0.0737. The molecule has 0 radical (unpaired) electrons. The van der Waals surface area contributed by atoms with E-state index in [4.69, 9.17) is 0 Å². The number of hydrogen-bond acceptors (Lipinski definition) is 5. The molecule has 6 nitrogen and oxygen atoms in total. The third-order valence-electron chi connectivity index (χ3n) is 4.75. The molecule has 1 fully saturated rings. The zero-order valence-electron chi connectivity index (χ0n) is 15.3. The van der Waals surface area contributed by atoms with Crippen molar-refractivity contribution in [3.8, 4) is 11.3 Å². The van der Waals surface area contributed by atoms with Gasteiger partial charge < -0.3 is 14.7 Å². The Bertz CT molecular complexity index is 744. The van der Waals surface area contributed by atoms with E-state index in [9.17, 15) is 4.79 Å². The number of carbonyl (C=O) groups excluding carboxylic acids is 1. The Balaban J connectivity index is 1.80. The van der Waals surface area contributed by atoms with Gasteiger partial charge in [0, 0.05) is 44.9 Å². The van der Waals surface area contributed by atoms with Crippen molar-refractivity contribution < 1.29 is 4.79 Å². The molecule has 25 heavy (non-hydrogen) atoms. The van der Waals surface area contributed by atoms with Crippen LogP contribution < -0.4 is 4.90 Å². The van der Waals surface area contributed by atoms with Crippen LogP contribution in [0.5, 0.6) is 0 Å². The molecule has 1 aliphatic heterocycles. The minimum absolute atomic E-state index is 0.0556. The smallest absolute Gasteiger partial charge is 0.253 e. The van der Waals surface area contributed by atoms with E-state index in [-0.39, 0.29) is 11.9 Å². The standard InChI is InChI=1S/C19H25N5O/c1-22(2)18-9-8-17(20-21-18)14-6-5-7-15(12-14)19(25)24(4)16-10-11-23(3)13-16/h5-9,12,16H,10-11,13H2,1-4H3. The third-order valence-corrected chi connectivity index (χ3v) is 4.75. The molecule has 1 saturated heterocycles. The average Bonchev–Trinajstić information content (AvgIpc) is 3.07. The van der Waals surface area contributed by atoms with Crippen molar-refractivity contribution >= 4 is 11.7 Å². The molecule has 1 amide bonds. The van der Waals surface area contributed by atoms with Crippen LogP contribution in [0.15, 0.2) is 36.4 Å².